The molecule has 3 nitrogen and oxygen atoms in total. The zero-order valence-electron chi connectivity index (χ0n) is 15.7. The zero-order chi connectivity index (χ0) is 19.1. The minimum absolute atomic E-state index is 0.696. The lowest BCUT2D eigenvalue weighted by Crippen LogP contribution is -2.07. The van der Waals surface area contributed by atoms with Gasteiger partial charge in [-0.25, -0.2) is 9.67 Å². The monoisotopic (exact) mass is 401 g/mol. The van der Waals surface area contributed by atoms with Crippen molar-refractivity contribution in [2.75, 3.05) is 0 Å². The molecule has 0 bridgehead atoms. The molecule has 0 aliphatic rings. The van der Waals surface area contributed by atoms with Gasteiger partial charge in [0.2, 0.25) is 0 Å². The molecule has 0 aliphatic carbocycles. The first-order valence-corrected chi connectivity index (χ1v) is 10.4. The normalized spacial score (nSPS) is 11.1. The molecule has 27 heavy (non-hydrogen) atoms. The zero-order valence-corrected chi connectivity index (χ0v) is 17.2. The number of aryl methyl sites for hydroxylation is 1. The molecule has 0 saturated heterocycles. The van der Waals surface area contributed by atoms with E-state index in [1.165, 1.54) is 31.2 Å². The summed E-state index contributed by atoms with van der Waals surface area (Å²) < 4.78 is 2.02. The Labute approximate surface area is 171 Å². The van der Waals surface area contributed by atoms with Crippen LogP contribution in [0.25, 0.3) is 11.4 Å². The van der Waals surface area contributed by atoms with Crippen molar-refractivity contribution in [2.24, 2.45) is 0 Å². The van der Waals surface area contributed by atoms with Crippen molar-refractivity contribution in [2.45, 2.75) is 52.0 Å². The van der Waals surface area contributed by atoms with Crippen LogP contribution in [-0.2, 0) is 13.0 Å². The van der Waals surface area contributed by atoms with Gasteiger partial charge in [-0.1, -0.05) is 67.9 Å². The Hall–Kier alpha value is -1.84. The molecule has 0 spiro atoms. The summed E-state index contributed by atoms with van der Waals surface area (Å²) in [5.74, 6) is 1.79. The van der Waals surface area contributed by atoms with E-state index in [9.17, 15) is 0 Å². The first kappa shape index (κ1) is 19.9. The highest BCUT2D eigenvalue weighted by Crippen LogP contribution is 2.21. The van der Waals surface area contributed by atoms with E-state index in [1.54, 1.807) is 0 Å². The number of hydrogen-bond acceptors (Lipinski definition) is 2. The minimum atomic E-state index is 0.696. The van der Waals surface area contributed by atoms with Crippen LogP contribution in [0.1, 0.15) is 50.4 Å². The van der Waals surface area contributed by atoms with Crippen molar-refractivity contribution in [3.63, 3.8) is 0 Å². The third kappa shape index (κ3) is 5.82. The summed E-state index contributed by atoms with van der Waals surface area (Å²) in [6, 6.07) is 15.6. The maximum atomic E-state index is 6.01. The van der Waals surface area contributed by atoms with Crippen LogP contribution >= 0.6 is 23.2 Å². The number of hydrogen-bond donors (Lipinski definition) is 0. The number of nitrogens with zero attached hydrogens (tertiary/aromatic N) is 3. The summed E-state index contributed by atoms with van der Waals surface area (Å²) >= 11 is 12.0. The fourth-order valence-electron chi connectivity index (χ4n) is 3.06. The molecular formula is C22H25Cl2N3. The largest absolute Gasteiger partial charge is 0.245 e. The average Bonchev–Trinajstić information content (AvgIpc) is 3.07. The molecule has 0 radical (unpaired) electrons. The van der Waals surface area contributed by atoms with Crippen LogP contribution in [0.2, 0.25) is 10.0 Å². The molecule has 3 rings (SSSR count). The van der Waals surface area contributed by atoms with Crippen LogP contribution in [0, 0.1) is 0 Å². The second kappa shape index (κ2) is 9.91. The number of unbranched alkanes of at least 4 members (excludes halogenated alkanes) is 4. The number of rotatable bonds is 9. The summed E-state index contributed by atoms with van der Waals surface area (Å²) in [4.78, 5) is 4.82. The minimum Gasteiger partial charge on any atom is -0.245 e. The van der Waals surface area contributed by atoms with Gasteiger partial charge in [-0.3, -0.25) is 0 Å². The fraction of sp³-hybridized carbons (Fsp3) is 0.364. The van der Waals surface area contributed by atoms with E-state index in [2.05, 4.69) is 6.92 Å². The van der Waals surface area contributed by atoms with Crippen LogP contribution in [0.4, 0.5) is 0 Å². The molecule has 0 aliphatic heterocycles. The van der Waals surface area contributed by atoms with Gasteiger partial charge in [0.05, 0.1) is 6.54 Å². The quantitative estimate of drug-likeness (QED) is 0.368. The van der Waals surface area contributed by atoms with Crippen LogP contribution in [0.15, 0.2) is 48.5 Å². The van der Waals surface area contributed by atoms with E-state index < -0.39 is 0 Å². The Kier molecular flexibility index (Phi) is 7.31. The maximum absolute atomic E-state index is 6.01. The average molecular weight is 402 g/mol. The molecule has 0 saturated carbocycles. The van der Waals surface area contributed by atoms with Gasteiger partial charge in [0.1, 0.15) is 5.82 Å². The van der Waals surface area contributed by atoms with Gasteiger partial charge < -0.3 is 0 Å². The topological polar surface area (TPSA) is 30.7 Å². The van der Waals surface area contributed by atoms with Crippen LogP contribution < -0.4 is 0 Å². The molecule has 142 valence electrons. The van der Waals surface area contributed by atoms with Crippen LogP contribution in [-0.4, -0.2) is 14.8 Å². The van der Waals surface area contributed by atoms with Gasteiger partial charge in [-0.15, -0.1) is 0 Å². The summed E-state index contributed by atoms with van der Waals surface area (Å²) in [5.41, 5.74) is 2.15. The van der Waals surface area contributed by atoms with E-state index in [1.807, 2.05) is 53.2 Å². The Morgan fingerprint density at radius 2 is 1.44 bits per heavy atom. The van der Waals surface area contributed by atoms with E-state index in [0.29, 0.717) is 6.54 Å². The Morgan fingerprint density at radius 1 is 0.815 bits per heavy atom. The molecule has 2 aromatic carbocycles. The smallest absolute Gasteiger partial charge is 0.181 e. The predicted octanol–water partition coefficient (Wildman–Crippen LogP) is 6.81. The van der Waals surface area contributed by atoms with Gasteiger partial charge in [-0.05, 0) is 48.4 Å². The van der Waals surface area contributed by atoms with E-state index in [4.69, 9.17) is 33.3 Å². The molecule has 0 atom stereocenters. The number of benzene rings is 2. The van der Waals surface area contributed by atoms with E-state index in [0.717, 1.165) is 40.1 Å². The van der Waals surface area contributed by atoms with Crippen LogP contribution in [0.5, 0.6) is 0 Å². The van der Waals surface area contributed by atoms with E-state index in [-0.39, 0.29) is 0 Å². The van der Waals surface area contributed by atoms with Crippen LogP contribution in [0.3, 0.4) is 0 Å². The maximum Gasteiger partial charge on any atom is 0.181 e. The van der Waals surface area contributed by atoms with E-state index >= 15 is 0 Å². The first-order valence-electron chi connectivity index (χ1n) is 9.60. The van der Waals surface area contributed by atoms with Gasteiger partial charge in [0.25, 0.3) is 0 Å². The molecule has 0 amide bonds. The highest BCUT2D eigenvalue weighted by molar-refractivity contribution is 6.30. The lowest BCUT2D eigenvalue weighted by Gasteiger charge is -2.06. The van der Waals surface area contributed by atoms with Gasteiger partial charge in [0.15, 0.2) is 5.82 Å². The molecule has 1 heterocycles. The highest BCUT2D eigenvalue weighted by Gasteiger charge is 2.12. The first-order chi connectivity index (χ1) is 13.2. The number of halogens is 2. The third-order valence-corrected chi connectivity index (χ3v) is 5.10. The van der Waals surface area contributed by atoms with Crippen molar-refractivity contribution >= 4 is 23.2 Å². The Morgan fingerprint density at radius 3 is 2.11 bits per heavy atom. The molecule has 0 unspecified atom stereocenters. The third-order valence-electron chi connectivity index (χ3n) is 4.60. The SMILES string of the molecule is CCCCCCCc1nc(-c2ccc(Cl)cc2)nn1Cc1ccc(Cl)cc1. The van der Waals surface area contributed by atoms with Crippen molar-refractivity contribution in [3.8, 4) is 11.4 Å². The summed E-state index contributed by atoms with van der Waals surface area (Å²) in [7, 11) is 0. The van der Waals surface area contributed by atoms with Crippen molar-refractivity contribution in [1.29, 1.82) is 0 Å². The Balaban J connectivity index is 1.79. The van der Waals surface area contributed by atoms with Gasteiger partial charge in [-0.2, -0.15) is 5.10 Å². The summed E-state index contributed by atoms with van der Waals surface area (Å²) in [5, 5.41) is 6.24. The van der Waals surface area contributed by atoms with Crippen molar-refractivity contribution < 1.29 is 0 Å². The lowest BCUT2D eigenvalue weighted by molar-refractivity contribution is 0.586. The van der Waals surface area contributed by atoms with Gasteiger partial charge in [0, 0.05) is 22.0 Å². The van der Waals surface area contributed by atoms with Crippen molar-refractivity contribution in [3.05, 3.63) is 70.0 Å². The standard InChI is InChI=1S/C22H25Cl2N3/c1-2-3-4-5-6-7-21-25-22(18-10-14-20(24)15-11-18)26-27(21)16-17-8-12-19(23)13-9-17/h8-15H,2-7,16H2,1H3. The number of aromatic nitrogens is 3. The second-order valence-corrected chi connectivity index (χ2v) is 7.68. The van der Waals surface area contributed by atoms with Gasteiger partial charge >= 0.3 is 0 Å². The molecule has 5 heteroatoms. The lowest BCUT2D eigenvalue weighted by atomic mass is 10.1. The van der Waals surface area contributed by atoms with Crippen molar-refractivity contribution in [1.82, 2.24) is 14.8 Å². The molecular weight excluding hydrogens is 377 g/mol. The molecule has 0 fully saturated rings. The second-order valence-electron chi connectivity index (χ2n) is 6.81. The highest BCUT2D eigenvalue weighted by atomic mass is 35.5. The summed E-state index contributed by atoms with van der Waals surface area (Å²) in [6.45, 7) is 2.93. The molecule has 3 aromatic rings. The fourth-order valence-corrected chi connectivity index (χ4v) is 3.31. The summed E-state index contributed by atoms with van der Waals surface area (Å²) in [6.07, 6.45) is 7.15. The molecule has 1 aromatic heterocycles. The molecule has 0 N–H and O–H groups in total. The predicted molar refractivity (Wildman–Crippen MR) is 113 cm³/mol. The Bertz CT molecular complexity index is 839.